The SMILES string of the molecule is CN1CCC(CC(=O)N2CC3(C2)C(=O)N(Cc2cc4cc(Cl)ccc4n2CCCC#N)c2ccccc23)CC1. The van der Waals surface area contributed by atoms with Gasteiger partial charge in [0.2, 0.25) is 11.8 Å². The van der Waals surface area contributed by atoms with Gasteiger partial charge in [0.15, 0.2) is 0 Å². The molecule has 39 heavy (non-hydrogen) atoms. The zero-order chi connectivity index (χ0) is 27.1. The summed E-state index contributed by atoms with van der Waals surface area (Å²) in [6, 6.07) is 18.2. The second-order valence-electron chi connectivity index (χ2n) is 11.4. The van der Waals surface area contributed by atoms with Gasteiger partial charge in [0.25, 0.3) is 0 Å². The number of aromatic nitrogens is 1. The number of likely N-dealkylation sites (tertiary alicyclic amines) is 2. The van der Waals surface area contributed by atoms with E-state index in [0.717, 1.165) is 60.2 Å². The topological polar surface area (TPSA) is 72.6 Å². The van der Waals surface area contributed by atoms with Gasteiger partial charge in [-0.2, -0.15) is 5.26 Å². The highest BCUT2D eigenvalue weighted by Crippen LogP contribution is 2.48. The minimum absolute atomic E-state index is 0.0684. The number of nitrogens with zero attached hydrogens (tertiary/aromatic N) is 5. The number of benzene rings is 2. The van der Waals surface area contributed by atoms with Crippen LogP contribution < -0.4 is 4.90 Å². The Kier molecular flexibility index (Phi) is 6.86. The number of anilines is 1. The van der Waals surface area contributed by atoms with Crippen molar-refractivity contribution in [3.8, 4) is 6.07 Å². The van der Waals surface area contributed by atoms with E-state index in [1.807, 2.05) is 52.3 Å². The number of amides is 2. The van der Waals surface area contributed by atoms with E-state index in [9.17, 15) is 9.59 Å². The number of aryl methyl sites for hydroxylation is 1. The summed E-state index contributed by atoms with van der Waals surface area (Å²) in [7, 11) is 2.13. The zero-order valence-electron chi connectivity index (χ0n) is 22.4. The summed E-state index contributed by atoms with van der Waals surface area (Å²) in [6.45, 7) is 4.11. The van der Waals surface area contributed by atoms with Crippen LogP contribution in [0.1, 0.15) is 43.4 Å². The molecule has 0 bridgehead atoms. The molecule has 8 heteroatoms. The summed E-state index contributed by atoms with van der Waals surface area (Å²) < 4.78 is 2.21. The number of fused-ring (bicyclic) bond motifs is 3. The highest BCUT2D eigenvalue weighted by Gasteiger charge is 2.59. The van der Waals surface area contributed by atoms with Crippen LogP contribution in [-0.4, -0.2) is 59.4 Å². The minimum atomic E-state index is -0.667. The minimum Gasteiger partial charge on any atom is -0.343 e. The van der Waals surface area contributed by atoms with E-state index in [2.05, 4.69) is 28.7 Å². The Morgan fingerprint density at radius 2 is 1.90 bits per heavy atom. The van der Waals surface area contributed by atoms with Crippen molar-refractivity contribution in [3.63, 3.8) is 0 Å². The summed E-state index contributed by atoms with van der Waals surface area (Å²) in [4.78, 5) is 33.4. The number of unbranched alkanes of at least 4 members (excludes halogenated alkanes) is 1. The standard InChI is InChI=1S/C31H34ClN5O2/c1-34-14-10-22(11-15-34)16-29(38)35-20-31(21-35)26-6-2-3-7-28(26)37(30(31)39)19-25-18-23-17-24(32)8-9-27(23)36(25)13-5-4-12-33/h2-3,6-9,17-18,22H,4-5,10-11,13-16,19-21H2,1H3. The average molecular weight is 544 g/mol. The fourth-order valence-electron chi connectivity index (χ4n) is 6.66. The van der Waals surface area contributed by atoms with Crippen molar-refractivity contribution in [2.24, 2.45) is 5.92 Å². The molecule has 7 nitrogen and oxygen atoms in total. The van der Waals surface area contributed by atoms with Crippen molar-refractivity contribution in [2.45, 2.75) is 50.6 Å². The van der Waals surface area contributed by atoms with Crippen LogP contribution >= 0.6 is 11.6 Å². The van der Waals surface area contributed by atoms with Crippen LogP contribution in [0.25, 0.3) is 10.9 Å². The lowest BCUT2D eigenvalue weighted by atomic mass is 9.74. The third kappa shape index (κ3) is 4.60. The summed E-state index contributed by atoms with van der Waals surface area (Å²) in [5.41, 5.74) is 3.35. The summed E-state index contributed by atoms with van der Waals surface area (Å²) in [5, 5.41) is 10.8. The maximum atomic E-state index is 14.1. The van der Waals surface area contributed by atoms with E-state index in [1.54, 1.807) is 0 Å². The van der Waals surface area contributed by atoms with Gasteiger partial charge in [-0.1, -0.05) is 29.8 Å². The van der Waals surface area contributed by atoms with Crippen molar-refractivity contribution in [2.75, 3.05) is 38.1 Å². The predicted molar refractivity (Wildman–Crippen MR) is 153 cm³/mol. The molecule has 1 spiro atoms. The predicted octanol–water partition coefficient (Wildman–Crippen LogP) is 4.96. The third-order valence-electron chi connectivity index (χ3n) is 8.88. The van der Waals surface area contributed by atoms with Gasteiger partial charge in [0.05, 0.1) is 12.6 Å². The molecule has 1 aromatic heterocycles. The Balaban J connectivity index is 1.24. The van der Waals surface area contributed by atoms with Gasteiger partial charge < -0.3 is 19.3 Å². The van der Waals surface area contributed by atoms with Gasteiger partial charge >= 0.3 is 0 Å². The normalized spacial score (nSPS) is 18.9. The Hall–Kier alpha value is -3.34. The molecule has 0 saturated carbocycles. The Morgan fingerprint density at radius 1 is 1.13 bits per heavy atom. The molecule has 3 aliphatic heterocycles. The van der Waals surface area contributed by atoms with Crippen molar-refractivity contribution in [1.82, 2.24) is 14.4 Å². The molecule has 0 atom stereocenters. The van der Waals surface area contributed by atoms with Gasteiger partial charge in [0, 0.05) is 59.8 Å². The van der Waals surface area contributed by atoms with Crippen LogP contribution in [0.15, 0.2) is 48.5 Å². The fourth-order valence-corrected chi connectivity index (χ4v) is 6.84. The lowest BCUT2D eigenvalue weighted by molar-refractivity contribution is -0.145. The van der Waals surface area contributed by atoms with E-state index in [1.165, 1.54) is 0 Å². The van der Waals surface area contributed by atoms with Crippen LogP contribution in [0, 0.1) is 17.2 Å². The molecule has 0 N–H and O–H groups in total. The Labute approximate surface area is 234 Å². The van der Waals surface area contributed by atoms with Crippen LogP contribution in [0.4, 0.5) is 5.69 Å². The maximum Gasteiger partial charge on any atom is 0.241 e. The van der Waals surface area contributed by atoms with Crippen molar-refractivity contribution < 1.29 is 9.59 Å². The van der Waals surface area contributed by atoms with Crippen molar-refractivity contribution >= 4 is 40.0 Å². The van der Waals surface area contributed by atoms with Crippen LogP contribution in [-0.2, 0) is 28.1 Å². The Morgan fingerprint density at radius 3 is 2.67 bits per heavy atom. The van der Waals surface area contributed by atoms with Crippen molar-refractivity contribution in [3.05, 3.63) is 64.8 Å². The number of piperidine rings is 1. The lowest BCUT2D eigenvalue weighted by Crippen LogP contribution is -2.65. The molecule has 2 aromatic carbocycles. The van der Waals surface area contributed by atoms with Gasteiger partial charge in [-0.25, -0.2) is 0 Å². The smallest absolute Gasteiger partial charge is 0.241 e. The molecule has 0 aliphatic carbocycles. The largest absolute Gasteiger partial charge is 0.343 e. The summed E-state index contributed by atoms with van der Waals surface area (Å²) in [5.74, 6) is 0.678. The monoisotopic (exact) mass is 543 g/mol. The number of carbonyl (C=O) groups excluding carboxylic acids is 2. The molecular weight excluding hydrogens is 510 g/mol. The lowest BCUT2D eigenvalue weighted by Gasteiger charge is -2.47. The first-order chi connectivity index (χ1) is 18.9. The molecule has 3 aromatic rings. The number of nitriles is 1. The first-order valence-electron chi connectivity index (χ1n) is 13.9. The first kappa shape index (κ1) is 25.9. The Bertz CT molecular complexity index is 1460. The number of carbonyl (C=O) groups is 2. The van der Waals surface area contributed by atoms with Gasteiger partial charge in [-0.05, 0) is 81.2 Å². The molecular formula is C31H34ClN5O2. The molecule has 4 heterocycles. The highest BCUT2D eigenvalue weighted by atomic mass is 35.5. The fraction of sp³-hybridized carbons (Fsp3) is 0.452. The third-order valence-corrected chi connectivity index (χ3v) is 9.12. The molecule has 2 amide bonds. The number of halogens is 1. The number of rotatable bonds is 7. The van der Waals surface area contributed by atoms with E-state index in [-0.39, 0.29) is 11.8 Å². The second kappa shape index (κ2) is 10.3. The van der Waals surface area contributed by atoms with Crippen LogP contribution in [0.3, 0.4) is 0 Å². The van der Waals surface area contributed by atoms with Crippen molar-refractivity contribution in [1.29, 1.82) is 5.26 Å². The van der Waals surface area contributed by atoms with E-state index < -0.39 is 5.41 Å². The molecule has 6 rings (SSSR count). The van der Waals surface area contributed by atoms with E-state index >= 15 is 0 Å². The van der Waals surface area contributed by atoms with E-state index in [4.69, 9.17) is 16.9 Å². The van der Waals surface area contributed by atoms with Gasteiger partial charge in [-0.15, -0.1) is 0 Å². The molecule has 3 aliphatic rings. The van der Waals surface area contributed by atoms with Gasteiger partial charge in [-0.3, -0.25) is 9.59 Å². The molecule has 2 fully saturated rings. The number of hydrogen-bond donors (Lipinski definition) is 0. The second-order valence-corrected chi connectivity index (χ2v) is 11.9. The molecule has 0 radical (unpaired) electrons. The number of hydrogen-bond acceptors (Lipinski definition) is 4. The average Bonchev–Trinajstić information content (AvgIpc) is 3.36. The zero-order valence-corrected chi connectivity index (χ0v) is 23.2. The molecule has 0 unspecified atom stereocenters. The first-order valence-corrected chi connectivity index (χ1v) is 14.3. The highest BCUT2D eigenvalue weighted by molar-refractivity contribution is 6.31. The summed E-state index contributed by atoms with van der Waals surface area (Å²) in [6.07, 6.45) is 3.91. The van der Waals surface area contributed by atoms with E-state index in [0.29, 0.717) is 50.0 Å². The maximum absolute atomic E-state index is 14.1. The van der Waals surface area contributed by atoms with Crippen LogP contribution in [0.2, 0.25) is 5.02 Å². The summed E-state index contributed by atoms with van der Waals surface area (Å²) >= 11 is 6.29. The molecule has 2 saturated heterocycles. The number of para-hydroxylation sites is 1. The quantitative estimate of drug-likeness (QED) is 0.395. The van der Waals surface area contributed by atoms with Gasteiger partial charge in [0.1, 0.15) is 5.41 Å². The molecule has 202 valence electrons. The van der Waals surface area contributed by atoms with Crippen LogP contribution in [0.5, 0.6) is 0 Å².